The Kier molecular flexibility index (Phi) is 6.62. The minimum Gasteiger partial charge on any atom is -0.374 e. The molecule has 0 aromatic rings. The van der Waals surface area contributed by atoms with E-state index in [-0.39, 0.29) is 5.41 Å². The Morgan fingerprint density at radius 3 is 2.83 bits per heavy atom. The van der Waals surface area contributed by atoms with Gasteiger partial charge in [0.15, 0.2) is 0 Å². The van der Waals surface area contributed by atoms with Crippen LogP contribution in [-0.4, -0.2) is 50.8 Å². The lowest BCUT2D eigenvalue weighted by molar-refractivity contribution is 0.00981. The fraction of sp³-hybridized carbons (Fsp3) is 0.929. The SMILES string of the molecule is CN(CCCCC(C)(C)C#N)CC1CNCCO1. The van der Waals surface area contributed by atoms with E-state index in [4.69, 9.17) is 10.00 Å². The van der Waals surface area contributed by atoms with E-state index in [0.717, 1.165) is 52.0 Å². The fourth-order valence-corrected chi connectivity index (χ4v) is 2.18. The van der Waals surface area contributed by atoms with Crippen molar-refractivity contribution < 1.29 is 4.74 Å². The molecule has 0 radical (unpaired) electrons. The topological polar surface area (TPSA) is 48.3 Å². The fourth-order valence-electron chi connectivity index (χ4n) is 2.18. The Bertz CT molecular complexity index is 267. The molecule has 0 amide bonds. The molecule has 4 heteroatoms. The summed E-state index contributed by atoms with van der Waals surface area (Å²) in [6.45, 7) is 8.87. The zero-order chi connectivity index (χ0) is 13.4. The molecule has 0 aromatic carbocycles. The number of unbranched alkanes of at least 4 members (excludes halogenated alkanes) is 1. The number of rotatable bonds is 7. The molecule has 1 atom stereocenters. The van der Waals surface area contributed by atoms with Crippen LogP contribution >= 0.6 is 0 Å². The monoisotopic (exact) mass is 253 g/mol. The van der Waals surface area contributed by atoms with Crippen molar-refractivity contribution in [3.05, 3.63) is 0 Å². The van der Waals surface area contributed by atoms with Gasteiger partial charge in [0.1, 0.15) is 0 Å². The molecule has 104 valence electrons. The second-order valence-corrected chi connectivity index (χ2v) is 5.91. The molecule has 1 rings (SSSR count). The van der Waals surface area contributed by atoms with Crippen molar-refractivity contribution in [2.24, 2.45) is 5.41 Å². The quantitative estimate of drug-likeness (QED) is 0.701. The molecule has 18 heavy (non-hydrogen) atoms. The van der Waals surface area contributed by atoms with Crippen LogP contribution in [0.2, 0.25) is 0 Å². The maximum absolute atomic E-state index is 8.94. The summed E-state index contributed by atoms with van der Waals surface area (Å²) in [5.41, 5.74) is -0.172. The molecule has 1 aliphatic heterocycles. The highest BCUT2D eigenvalue weighted by molar-refractivity contribution is 4.91. The van der Waals surface area contributed by atoms with E-state index >= 15 is 0 Å². The molecule has 1 saturated heterocycles. The lowest BCUT2D eigenvalue weighted by Gasteiger charge is -2.28. The van der Waals surface area contributed by atoms with Gasteiger partial charge in [-0.15, -0.1) is 0 Å². The molecule has 1 aliphatic rings. The summed E-state index contributed by atoms with van der Waals surface area (Å²) in [6.07, 6.45) is 3.59. The normalized spacial score (nSPS) is 20.9. The average Bonchev–Trinajstić information content (AvgIpc) is 2.36. The Morgan fingerprint density at radius 1 is 1.44 bits per heavy atom. The predicted octanol–water partition coefficient (Wildman–Crippen LogP) is 1.63. The minimum atomic E-state index is -0.172. The first-order valence-electron chi connectivity index (χ1n) is 6.95. The number of nitrogens with one attached hydrogen (secondary N) is 1. The smallest absolute Gasteiger partial charge is 0.0826 e. The molecular weight excluding hydrogens is 226 g/mol. The molecule has 1 N–H and O–H groups in total. The molecule has 1 heterocycles. The van der Waals surface area contributed by atoms with E-state index in [0.29, 0.717) is 6.10 Å². The standard InChI is InChI=1S/C14H27N3O/c1-14(2,12-15)6-4-5-8-17(3)11-13-10-16-7-9-18-13/h13,16H,4-11H2,1-3H3. The lowest BCUT2D eigenvalue weighted by atomic mass is 9.89. The van der Waals surface area contributed by atoms with Crippen LogP contribution in [0.3, 0.4) is 0 Å². The molecule has 0 aliphatic carbocycles. The van der Waals surface area contributed by atoms with Gasteiger partial charge in [-0.05, 0) is 40.3 Å². The van der Waals surface area contributed by atoms with Gasteiger partial charge in [0, 0.05) is 19.6 Å². The second kappa shape index (κ2) is 7.73. The minimum absolute atomic E-state index is 0.172. The number of likely N-dealkylation sites (N-methyl/N-ethyl adjacent to an activating group) is 1. The number of ether oxygens (including phenoxy) is 1. The zero-order valence-corrected chi connectivity index (χ0v) is 12.0. The van der Waals surface area contributed by atoms with E-state index < -0.39 is 0 Å². The second-order valence-electron chi connectivity index (χ2n) is 5.91. The summed E-state index contributed by atoms with van der Waals surface area (Å²) < 4.78 is 5.68. The predicted molar refractivity (Wildman–Crippen MR) is 73.4 cm³/mol. The van der Waals surface area contributed by atoms with Crippen LogP contribution in [-0.2, 0) is 4.74 Å². The number of hydrogen-bond donors (Lipinski definition) is 1. The van der Waals surface area contributed by atoms with Gasteiger partial charge in [-0.3, -0.25) is 0 Å². The van der Waals surface area contributed by atoms with Gasteiger partial charge in [0.05, 0.1) is 24.2 Å². The molecule has 4 nitrogen and oxygen atoms in total. The first-order chi connectivity index (χ1) is 8.53. The van der Waals surface area contributed by atoms with E-state index in [2.05, 4.69) is 23.3 Å². The van der Waals surface area contributed by atoms with Gasteiger partial charge in [-0.25, -0.2) is 0 Å². The molecule has 0 bridgehead atoms. The molecule has 1 fully saturated rings. The van der Waals surface area contributed by atoms with Crippen molar-refractivity contribution in [1.29, 1.82) is 5.26 Å². The van der Waals surface area contributed by atoms with Crippen molar-refractivity contribution in [1.82, 2.24) is 10.2 Å². The van der Waals surface area contributed by atoms with Gasteiger partial charge in [-0.2, -0.15) is 5.26 Å². The molecule has 0 spiro atoms. The van der Waals surface area contributed by atoms with Crippen molar-refractivity contribution in [3.8, 4) is 6.07 Å². The summed E-state index contributed by atoms with van der Waals surface area (Å²) in [7, 11) is 2.15. The average molecular weight is 253 g/mol. The Balaban J connectivity index is 2.06. The van der Waals surface area contributed by atoms with Gasteiger partial charge < -0.3 is 15.0 Å². The summed E-state index contributed by atoms with van der Waals surface area (Å²) in [6, 6.07) is 2.35. The first kappa shape index (κ1) is 15.4. The molecule has 0 aromatic heterocycles. The zero-order valence-electron chi connectivity index (χ0n) is 12.0. The maximum atomic E-state index is 8.94. The summed E-state index contributed by atoms with van der Waals surface area (Å²) >= 11 is 0. The first-order valence-corrected chi connectivity index (χ1v) is 6.95. The van der Waals surface area contributed by atoms with Crippen molar-refractivity contribution in [2.75, 3.05) is 39.8 Å². The lowest BCUT2D eigenvalue weighted by Crippen LogP contribution is -2.44. The number of nitriles is 1. The van der Waals surface area contributed by atoms with Crippen LogP contribution in [0.15, 0.2) is 0 Å². The van der Waals surface area contributed by atoms with Crippen LogP contribution in [0.5, 0.6) is 0 Å². The van der Waals surface area contributed by atoms with Crippen LogP contribution < -0.4 is 5.32 Å². The third kappa shape index (κ3) is 6.34. The van der Waals surface area contributed by atoms with E-state index in [1.165, 1.54) is 0 Å². The summed E-state index contributed by atoms with van der Waals surface area (Å²) in [4.78, 5) is 2.33. The van der Waals surface area contributed by atoms with Crippen LogP contribution in [0.1, 0.15) is 33.1 Å². The Labute approximate surface area is 111 Å². The Hall–Kier alpha value is -0.630. The summed E-state index contributed by atoms with van der Waals surface area (Å²) in [5, 5.41) is 12.3. The van der Waals surface area contributed by atoms with E-state index in [1.807, 2.05) is 13.8 Å². The van der Waals surface area contributed by atoms with Crippen LogP contribution in [0.4, 0.5) is 0 Å². The molecular formula is C14H27N3O. The van der Waals surface area contributed by atoms with Crippen molar-refractivity contribution in [2.45, 2.75) is 39.2 Å². The third-order valence-corrected chi connectivity index (χ3v) is 3.41. The maximum Gasteiger partial charge on any atom is 0.0826 e. The highest BCUT2D eigenvalue weighted by atomic mass is 16.5. The van der Waals surface area contributed by atoms with Crippen LogP contribution in [0.25, 0.3) is 0 Å². The van der Waals surface area contributed by atoms with E-state index in [9.17, 15) is 0 Å². The van der Waals surface area contributed by atoms with Gasteiger partial charge in [0.2, 0.25) is 0 Å². The highest BCUT2D eigenvalue weighted by Crippen LogP contribution is 2.21. The van der Waals surface area contributed by atoms with Gasteiger partial charge in [-0.1, -0.05) is 6.42 Å². The largest absolute Gasteiger partial charge is 0.374 e. The summed E-state index contributed by atoms with van der Waals surface area (Å²) in [5.74, 6) is 0. The molecule has 0 saturated carbocycles. The van der Waals surface area contributed by atoms with E-state index in [1.54, 1.807) is 0 Å². The van der Waals surface area contributed by atoms with Crippen molar-refractivity contribution in [3.63, 3.8) is 0 Å². The van der Waals surface area contributed by atoms with Crippen molar-refractivity contribution >= 4 is 0 Å². The number of nitrogens with zero attached hydrogens (tertiary/aromatic N) is 2. The third-order valence-electron chi connectivity index (χ3n) is 3.41. The Morgan fingerprint density at radius 2 is 2.22 bits per heavy atom. The van der Waals surface area contributed by atoms with Crippen LogP contribution in [0, 0.1) is 16.7 Å². The molecule has 1 unspecified atom stereocenters. The highest BCUT2D eigenvalue weighted by Gasteiger charge is 2.17. The van der Waals surface area contributed by atoms with Gasteiger partial charge >= 0.3 is 0 Å². The number of morpholine rings is 1. The number of hydrogen-bond acceptors (Lipinski definition) is 4. The van der Waals surface area contributed by atoms with Gasteiger partial charge in [0.25, 0.3) is 0 Å².